The molecule has 1 saturated carbocycles. The molecule has 0 saturated heterocycles. The predicted octanol–water partition coefficient (Wildman–Crippen LogP) is 2.69. The lowest BCUT2D eigenvalue weighted by Gasteiger charge is -2.34. The standard InChI is InChI=1S/C13H27NOS/c1-13(2,3)11(10-16)9-14(7-8-15-4)12-5-6-12/h11-12,16H,5-10H2,1-4H3. The van der Waals surface area contributed by atoms with Crippen LogP contribution < -0.4 is 0 Å². The van der Waals surface area contributed by atoms with Gasteiger partial charge in [0.15, 0.2) is 0 Å². The Hall–Kier alpha value is 0.270. The van der Waals surface area contributed by atoms with Crippen molar-refractivity contribution in [2.75, 3.05) is 32.6 Å². The molecular formula is C13H27NOS. The highest BCUT2D eigenvalue weighted by Gasteiger charge is 2.33. The van der Waals surface area contributed by atoms with E-state index in [1.54, 1.807) is 7.11 Å². The number of ether oxygens (including phenoxy) is 1. The van der Waals surface area contributed by atoms with Crippen LogP contribution in [0.5, 0.6) is 0 Å². The number of thiol groups is 1. The van der Waals surface area contributed by atoms with Crippen LogP contribution in [-0.2, 0) is 4.74 Å². The SMILES string of the molecule is COCCN(CC(CS)C(C)(C)C)C1CC1. The first-order valence-electron chi connectivity index (χ1n) is 6.33. The van der Waals surface area contributed by atoms with Gasteiger partial charge in [0.05, 0.1) is 6.61 Å². The van der Waals surface area contributed by atoms with Gasteiger partial charge >= 0.3 is 0 Å². The quantitative estimate of drug-likeness (QED) is 0.692. The molecule has 16 heavy (non-hydrogen) atoms. The first-order chi connectivity index (χ1) is 7.49. The summed E-state index contributed by atoms with van der Waals surface area (Å²) in [5, 5.41) is 0. The van der Waals surface area contributed by atoms with Gasteiger partial charge in [-0.2, -0.15) is 12.6 Å². The molecule has 1 aliphatic carbocycles. The Morgan fingerprint density at radius 1 is 1.38 bits per heavy atom. The molecule has 0 radical (unpaired) electrons. The largest absolute Gasteiger partial charge is 0.383 e. The molecule has 3 heteroatoms. The lowest BCUT2D eigenvalue weighted by atomic mass is 9.81. The minimum absolute atomic E-state index is 0.349. The number of hydrogen-bond donors (Lipinski definition) is 1. The molecule has 0 aliphatic heterocycles. The van der Waals surface area contributed by atoms with Crippen molar-refractivity contribution in [1.29, 1.82) is 0 Å². The smallest absolute Gasteiger partial charge is 0.0589 e. The Bertz CT molecular complexity index is 199. The summed E-state index contributed by atoms with van der Waals surface area (Å²) in [6.45, 7) is 10.0. The highest BCUT2D eigenvalue weighted by molar-refractivity contribution is 7.80. The van der Waals surface area contributed by atoms with E-state index in [2.05, 4.69) is 38.3 Å². The molecule has 0 bridgehead atoms. The molecule has 1 rings (SSSR count). The van der Waals surface area contributed by atoms with Gasteiger partial charge in [-0.15, -0.1) is 0 Å². The van der Waals surface area contributed by atoms with Crippen molar-refractivity contribution < 1.29 is 4.74 Å². The monoisotopic (exact) mass is 245 g/mol. The van der Waals surface area contributed by atoms with E-state index in [-0.39, 0.29) is 0 Å². The summed E-state index contributed by atoms with van der Waals surface area (Å²) in [5.41, 5.74) is 0.349. The van der Waals surface area contributed by atoms with Crippen LogP contribution in [0.25, 0.3) is 0 Å². The van der Waals surface area contributed by atoms with Crippen molar-refractivity contribution in [3.05, 3.63) is 0 Å². The summed E-state index contributed by atoms with van der Waals surface area (Å²) in [4.78, 5) is 2.59. The number of nitrogens with zero attached hydrogens (tertiary/aromatic N) is 1. The second-order valence-electron chi connectivity index (χ2n) is 5.96. The van der Waals surface area contributed by atoms with Crippen LogP contribution in [0.2, 0.25) is 0 Å². The van der Waals surface area contributed by atoms with E-state index >= 15 is 0 Å². The summed E-state index contributed by atoms with van der Waals surface area (Å²) in [6.07, 6.45) is 2.74. The lowest BCUT2D eigenvalue weighted by molar-refractivity contribution is 0.112. The van der Waals surface area contributed by atoms with Crippen LogP contribution in [-0.4, -0.2) is 43.5 Å². The van der Waals surface area contributed by atoms with Gasteiger partial charge in [0, 0.05) is 26.2 Å². The predicted molar refractivity (Wildman–Crippen MR) is 73.3 cm³/mol. The van der Waals surface area contributed by atoms with Crippen molar-refractivity contribution >= 4 is 12.6 Å². The number of methoxy groups -OCH3 is 1. The highest BCUT2D eigenvalue weighted by atomic mass is 32.1. The van der Waals surface area contributed by atoms with Crippen molar-refractivity contribution in [2.24, 2.45) is 11.3 Å². The Kier molecular flexibility index (Phi) is 5.62. The maximum Gasteiger partial charge on any atom is 0.0589 e. The summed E-state index contributed by atoms with van der Waals surface area (Å²) < 4.78 is 5.19. The first-order valence-corrected chi connectivity index (χ1v) is 6.96. The van der Waals surface area contributed by atoms with E-state index in [1.807, 2.05) is 0 Å². The second kappa shape index (κ2) is 6.27. The van der Waals surface area contributed by atoms with E-state index in [0.29, 0.717) is 11.3 Å². The highest BCUT2D eigenvalue weighted by Crippen LogP contribution is 2.32. The molecule has 2 nitrogen and oxygen atoms in total. The van der Waals surface area contributed by atoms with Gasteiger partial charge in [-0.1, -0.05) is 20.8 Å². The minimum Gasteiger partial charge on any atom is -0.383 e. The maximum atomic E-state index is 5.19. The average molecular weight is 245 g/mol. The molecule has 1 fully saturated rings. The first kappa shape index (κ1) is 14.3. The van der Waals surface area contributed by atoms with E-state index in [0.717, 1.165) is 24.9 Å². The third-order valence-corrected chi connectivity index (χ3v) is 3.99. The van der Waals surface area contributed by atoms with Gasteiger partial charge in [0.2, 0.25) is 0 Å². The normalized spacial score (nSPS) is 19.1. The molecule has 1 atom stereocenters. The second-order valence-corrected chi connectivity index (χ2v) is 6.33. The molecule has 0 aromatic carbocycles. The van der Waals surface area contributed by atoms with Crippen molar-refractivity contribution in [2.45, 2.75) is 39.7 Å². The third kappa shape index (κ3) is 4.64. The summed E-state index contributed by atoms with van der Waals surface area (Å²) in [7, 11) is 1.78. The average Bonchev–Trinajstić information content (AvgIpc) is 3.00. The Balaban J connectivity index is 2.45. The molecule has 0 N–H and O–H groups in total. The molecule has 1 aliphatic rings. The van der Waals surface area contributed by atoms with Crippen LogP contribution in [0, 0.1) is 11.3 Å². The molecule has 0 amide bonds. The van der Waals surface area contributed by atoms with Gasteiger partial charge in [-0.25, -0.2) is 0 Å². The van der Waals surface area contributed by atoms with Crippen LogP contribution in [0.4, 0.5) is 0 Å². The van der Waals surface area contributed by atoms with E-state index < -0.39 is 0 Å². The molecule has 1 unspecified atom stereocenters. The maximum absolute atomic E-state index is 5.19. The topological polar surface area (TPSA) is 12.5 Å². The molecule has 0 heterocycles. The van der Waals surface area contributed by atoms with Crippen molar-refractivity contribution in [1.82, 2.24) is 4.90 Å². The fraction of sp³-hybridized carbons (Fsp3) is 1.00. The Labute approximate surface area is 106 Å². The van der Waals surface area contributed by atoms with Crippen LogP contribution in [0.1, 0.15) is 33.6 Å². The van der Waals surface area contributed by atoms with Gasteiger partial charge in [-0.3, -0.25) is 4.90 Å². The van der Waals surface area contributed by atoms with Crippen molar-refractivity contribution in [3.8, 4) is 0 Å². The zero-order chi connectivity index (χ0) is 12.2. The van der Waals surface area contributed by atoms with Gasteiger partial charge in [0.25, 0.3) is 0 Å². The molecular weight excluding hydrogens is 218 g/mol. The van der Waals surface area contributed by atoms with Crippen LogP contribution >= 0.6 is 12.6 Å². The summed E-state index contributed by atoms with van der Waals surface area (Å²) >= 11 is 4.51. The lowest BCUT2D eigenvalue weighted by Crippen LogP contribution is -2.39. The van der Waals surface area contributed by atoms with E-state index in [1.165, 1.54) is 19.4 Å². The third-order valence-electron chi connectivity index (χ3n) is 3.55. The molecule has 0 spiro atoms. The summed E-state index contributed by atoms with van der Waals surface area (Å²) in [6, 6.07) is 0.819. The number of hydrogen-bond acceptors (Lipinski definition) is 3. The Morgan fingerprint density at radius 2 is 2.00 bits per heavy atom. The molecule has 96 valence electrons. The van der Waals surface area contributed by atoms with Gasteiger partial charge in [0.1, 0.15) is 0 Å². The number of rotatable bonds is 7. The van der Waals surface area contributed by atoms with Crippen molar-refractivity contribution in [3.63, 3.8) is 0 Å². The minimum atomic E-state index is 0.349. The van der Waals surface area contributed by atoms with Crippen LogP contribution in [0.3, 0.4) is 0 Å². The van der Waals surface area contributed by atoms with Crippen LogP contribution in [0.15, 0.2) is 0 Å². The molecule has 0 aromatic rings. The zero-order valence-electron chi connectivity index (χ0n) is 11.2. The fourth-order valence-electron chi connectivity index (χ4n) is 1.96. The summed E-state index contributed by atoms with van der Waals surface area (Å²) in [5.74, 6) is 1.63. The van der Waals surface area contributed by atoms with Gasteiger partial charge < -0.3 is 4.74 Å². The fourth-order valence-corrected chi connectivity index (χ4v) is 2.62. The van der Waals surface area contributed by atoms with E-state index in [4.69, 9.17) is 4.74 Å². The molecule has 0 aromatic heterocycles. The van der Waals surface area contributed by atoms with Gasteiger partial charge in [-0.05, 0) is 29.9 Å². The van der Waals surface area contributed by atoms with E-state index in [9.17, 15) is 0 Å². The zero-order valence-corrected chi connectivity index (χ0v) is 12.1. The Morgan fingerprint density at radius 3 is 2.38 bits per heavy atom.